The molecule has 1 aliphatic heterocycles. The molecule has 0 bridgehead atoms. The zero-order valence-corrected chi connectivity index (χ0v) is 19.9. The van der Waals surface area contributed by atoms with Gasteiger partial charge in [0.25, 0.3) is 11.8 Å². The second-order valence-electron chi connectivity index (χ2n) is 9.02. The minimum Gasteiger partial charge on any atom is -0.350 e. The van der Waals surface area contributed by atoms with Crippen LogP contribution in [0.15, 0.2) is 84.9 Å². The van der Waals surface area contributed by atoms with Crippen molar-refractivity contribution in [1.29, 1.82) is 0 Å². The molecule has 4 rings (SSSR count). The Bertz CT molecular complexity index is 1160. The number of aryl methyl sites for hydroxylation is 1. The third kappa shape index (κ3) is 6.35. The summed E-state index contributed by atoms with van der Waals surface area (Å²) in [6.07, 6.45) is 1.27. The van der Waals surface area contributed by atoms with Gasteiger partial charge in [0.2, 0.25) is 5.91 Å². The van der Waals surface area contributed by atoms with Gasteiger partial charge in [-0.3, -0.25) is 14.4 Å². The molecule has 0 saturated carbocycles. The Morgan fingerprint density at radius 3 is 2.14 bits per heavy atom. The van der Waals surface area contributed by atoms with E-state index < -0.39 is 6.04 Å². The Labute approximate surface area is 206 Å². The highest BCUT2D eigenvalue weighted by Crippen LogP contribution is 2.23. The Morgan fingerprint density at radius 1 is 0.857 bits per heavy atom. The van der Waals surface area contributed by atoms with E-state index in [1.807, 2.05) is 72.5 Å². The van der Waals surface area contributed by atoms with Crippen LogP contribution in [0.2, 0.25) is 0 Å². The Hall–Kier alpha value is -3.93. The van der Waals surface area contributed by atoms with E-state index in [0.717, 1.165) is 11.1 Å². The van der Waals surface area contributed by atoms with Crippen LogP contribution in [0.25, 0.3) is 0 Å². The van der Waals surface area contributed by atoms with Gasteiger partial charge in [-0.05, 0) is 55.5 Å². The van der Waals surface area contributed by atoms with Crippen LogP contribution >= 0.6 is 0 Å². The summed E-state index contributed by atoms with van der Waals surface area (Å²) in [5.74, 6) is -0.545. The number of benzene rings is 3. The fourth-order valence-corrected chi connectivity index (χ4v) is 4.50. The molecule has 0 spiro atoms. The van der Waals surface area contributed by atoms with Crippen molar-refractivity contribution < 1.29 is 14.4 Å². The van der Waals surface area contributed by atoms with E-state index in [0.29, 0.717) is 43.6 Å². The number of nitrogens with one attached hydrogen (secondary N) is 2. The normalized spacial score (nSPS) is 14.7. The van der Waals surface area contributed by atoms with Crippen LogP contribution in [0.3, 0.4) is 0 Å². The largest absolute Gasteiger partial charge is 0.350 e. The van der Waals surface area contributed by atoms with Crippen molar-refractivity contribution in [2.45, 2.75) is 32.4 Å². The van der Waals surface area contributed by atoms with Gasteiger partial charge in [-0.1, -0.05) is 66.2 Å². The molecule has 6 heteroatoms. The molecular formula is C29H31N3O3. The first-order valence-corrected chi connectivity index (χ1v) is 12.0. The maximum absolute atomic E-state index is 13.3. The van der Waals surface area contributed by atoms with E-state index in [1.165, 1.54) is 0 Å². The van der Waals surface area contributed by atoms with Crippen LogP contribution in [0.5, 0.6) is 0 Å². The fraction of sp³-hybridized carbons (Fsp3) is 0.276. The number of carbonyl (C=O) groups excluding carboxylic acids is 3. The number of carbonyl (C=O) groups is 3. The lowest BCUT2D eigenvalue weighted by Crippen LogP contribution is -2.53. The van der Waals surface area contributed by atoms with Crippen molar-refractivity contribution in [3.63, 3.8) is 0 Å². The predicted molar refractivity (Wildman–Crippen MR) is 136 cm³/mol. The van der Waals surface area contributed by atoms with Crippen LogP contribution in [0.1, 0.15) is 44.7 Å². The molecule has 3 amide bonds. The summed E-state index contributed by atoms with van der Waals surface area (Å²) in [7, 11) is 0. The molecule has 2 N–H and O–H groups in total. The number of nitrogens with zero attached hydrogens (tertiary/aromatic N) is 1. The number of piperidine rings is 1. The molecule has 35 heavy (non-hydrogen) atoms. The summed E-state index contributed by atoms with van der Waals surface area (Å²) in [5, 5.41) is 5.95. The molecule has 180 valence electrons. The predicted octanol–water partition coefficient (Wildman–Crippen LogP) is 3.96. The molecule has 0 aromatic heterocycles. The van der Waals surface area contributed by atoms with Gasteiger partial charge in [0.1, 0.15) is 6.04 Å². The highest BCUT2D eigenvalue weighted by molar-refractivity contribution is 5.97. The van der Waals surface area contributed by atoms with E-state index in [2.05, 4.69) is 10.6 Å². The third-order valence-electron chi connectivity index (χ3n) is 6.48. The molecule has 3 aromatic carbocycles. The smallest absolute Gasteiger partial charge is 0.253 e. The summed E-state index contributed by atoms with van der Waals surface area (Å²) < 4.78 is 0. The van der Waals surface area contributed by atoms with Crippen LogP contribution in [-0.2, 0) is 11.3 Å². The van der Waals surface area contributed by atoms with Crippen molar-refractivity contribution in [2.24, 2.45) is 5.92 Å². The molecule has 3 aromatic rings. The van der Waals surface area contributed by atoms with E-state index in [1.54, 1.807) is 24.3 Å². The molecule has 0 radical (unpaired) electrons. The lowest BCUT2D eigenvalue weighted by Gasteiger charge is -2.36. The maximum Gasteiger partial charge on any atom is 0.253 e. The van der Waals surface area contributed by atoms with E-state index in [4.69, 9.17) is 0 Å². The van der Waals surface area contributed by atoms with Crippen molar-refractivity contribution in [1.82, 2.24) is 15.5 Å². The van der Waals surface area contributed by atoms with Crippen molar-refractivity contribution in [3.05, 3.63) is 107 Å². The van der Waals surface area contributed by atoms with E-state index in [9.17, 15) is 14.4 Å². The second-order valence-corrected chi connectivity index (χ2v) is 9.02. The summed E-state index contributed by atoms with van der Waals surface area (Å²) in [5.41, 5.74) is 3.23. The lowest BCUT2D eigenvalue weighted by atomic mass is 9.88. The van der Waals surface area contributed by atoms with Crippen LogP contribution in [-0.4, -0.2) is 41.8 Å². The molecule has 1 saturated heterocycles. The van der Waals surface area contributed by atoms with E-state index in [-0.39, 0.29) is 23.6 Å². The zero-order valence-electron chi connectivity index (χ0n) is 19.9. The summed E-state index contributed by atoms with van der Waals surface area (Å²) >= 11 is 0. The number of amides is 3. The summed E-state index contributed by atoms with van der Waals surface area (Å²) in [4.78, 5) is 41.0. The highest BCUT2D eigenvalue weighted by Gasteiger charge is 2.34. The molecule has 0 unspecified atom stereocenters. The number of hydrogen-bond donors (Lipinski definition) is 2. The van der Waals surface area contributed by atoms with Gasteiger partial charge in [-0.15, -0.1) is 0 Å². The zero-order chi connectivity index (χ0) is 24.6. The summed E-state index contributed by atoms with van der Waals surface area (Å²) in [6.45, 7) is 3.45. The lowest BCUT2D eigenvalue weighted by molar-refractivity contribution is -0.124. The average molecular weight is 470 g/mol. The SMILES string of the molecule is Cc1cccc(C(=O)N2CCC([C@H](NC(=O)c3ccccc3)C(=O)NCc3ccccc3)CC2)c1. The van der Waals surface area contributed by atoms with Crippen molar-refractivity contribution in [2.75, 3.05) is 13.1 Å². The monoisotopic (exact) mass is 469 g/mol. The van der Waals surface area contributed by atoms with Crippen molar-refractivity contribution in [3.8, 4) is 0 Å². The fourth-order valence-electron chi connectivity index (χ4n) is 4.50. The first-order valence-electron chi connectivity index (χ1n) is 12.0. The van der Waals surface area contributed by atoms with Crippen LogP contribution in [0.4, 0.5) is 0 Å². The molecule has 6 nitrogen and oxygen atoms in total. The van der Waals surface area contributed by atoms with Gasteiger partial charge in [0.15, 0.2) is 0 Å². The Morgan fingerprint density at radius 2 is 1.49 bits per heavy atom. The van der Waals surface area contributed by atoms with Crippen LogP contribution < -0.4 is 10.6 Å². The maximum atomic E-state index is 13.3. The third-order valence-corrected chi connectivity index (χ3v) is 6.48. The number of hydrogen-bond acceptors (Lipinski definition) is 3. The van der Waals surface area contributed by atoms with Gasteiger partial charge < -0.3 is 15.5 Å². The first-order chi connectivity index (χ1) is 17.0. The average Bonchev–Trinajstić information content (AvgIpc) is 2.91. The Balaban J connectivity index is 1.44. The van der Waals surface area contributed by atoms with E-state index >= 15 is 0 Å². The van der Waals surface area contributed by atoms with Gasteiger partial charge in [-0.2, -0.15) is 0 Å². The molecule has 0 aliphatic carbocycles. The first kappa shape index (κ1) is 24.2. The number of rotatable bonds is 7. The summed E-state index contributed by atoms with van der Waals surface area (Å²) in [6, 6.07) is 25.5. The number of likely N-dealkylation sites (tertiary alicyclic amines) is 1. The minimum absolute atomic E-state index is 0.00514. The molecule has 1 fully saturated rings. The second kappa shape index (κ2) is 11.5. The van der Waals surface area contributed by atoms with Crippen molar-refractivity contribution >= 4 is 17.7 Å². The standard InChI is InChI=1S/C29H31N3O3/c1-21-9-8-14-25(19-21)29(35)32-17-15-23(16-18-32)26(31-27(33)24-12-6-3-7-13-24)28(34)30-20-22-10-4-2-5-11-22/h2-14,19,23,26H,15-18,20H2,1H3,(H,30,34)(H,31,33)/t26-/m0/s1. The van der Waals surface area contributed by atoms with Gasteiger partial charge >= 0.3 is 0 Å². The van der Waals surface area contributed by atoms with Gasteiger partial charge in [0.05, 0.1) is 0 Å². The van der Waals surface area contributed by atoms with Gasteiger partial charge in [-0.25, -0.2) is 0 Å². The highest BCUT2D eigenvalue weighted by atomic mass is 16.2. The molecule has 1 aliphatic rings. The molecule has 1 heterocycles. The minimum atomic E-state index is -0.678. The van der Waals surface area contributed by atoms with Gasteiger partial charge in [0, 0.05) is 30.8 Å². The Kier molecular flexibility index (Phi) is 7.93. The van der Waals surface area contributed by atoms with Crippen LogP contribution in [0, 0.1) is 12.8 Å². The topological polar surface area (TPSA) is 78.5 Å². The molecule has 1 atom stereocenters. The molecular weight excluding hydrogens is 438 g/mol. The quantitative estimate of drug-likeness (QED) is 0.550.